The van der Waals surface area contributed by atoms with E-state index >= 15 is 0 Å². The van der Waals surface area contributed by atoms with Gasteiger partial charge in [0.05, 0.1) is 12.3 Å². The Morgan fingerprint density at radius 1 is 1.38 bits per heavy atom. The number of rotatable bonds is 6. The third kappa shape index (κ3) is 3.95. The number of hydrogen-bond acceptors (Lipinski definition) is 4. The van der Waals surface area contributed by atoms with E-state index in [2.05, 4.69) is 31.4 Å². The summed E-state index contributed by atoms with van der Waals surface area (Å²) in [6, 6.07) is 6.35. The lowest BCUT2D eigenvalue weighted by Crippen LogP contribution is -2.39. The van der Waals surface area contributed by atoms with Gasteiger partial charge in [0.15, 0.2) is 6.61 Å². The standard InChI is InChI=1S/C16H24N2O3/c1-10(2)14(8-20-4)17-11(3)12-5-6-15-13(7-12)18-16(19)9-21-15/h5-7,10-11,14,17H,8-9H2,1-4H3,(H,18,19). The van der Waals surface area contributed by atoms with Crippen LogP contribution < -0.4 is 15.4 Å². The van der Waals surface area contributed by atoms with Crippen molar-refractivity contribution in [1.82, 2.24) is 5.32 Å². The number of methoxy groups -OCH3 is 1. The highest BCUT2D eigenvalue weighted by molar-refractivity contribution is 5.95. The Morgan fingerprint density at radius 2 is 2.14 bits per heavy atom. The zero-order valence-electron chi connectivity index (χ0n) is 13.1. The number of benzene rings is 1. The molecular formula is C16H24N2O3. The van der Waals surface area contributed by atoms with Crippen LogP contribution in [-0.2, 0) is 9.53 Å². The van der Waals surface area contributed by atoms with Crippen molar-refractivity contribution >= 4 is 11.6 Å². The molecule has 2 unspecified atom stereocenters. The molecule has 1 amide bonds. The molecule has 0 radical (unpaired) electrons. The number of carbonyl (C=O) groups excluding carboxylic acids is 1. The Morgan fingerprint density at radius 3 is 2.81 bits per heavy atom. The van der Waals surface area contributed by atoms with Crippen molar-refractivity contribution in [3.63, 3.8) is 0 Å². The highest BCUT2D eigenvalue weighted by Crippen LogP contribution is 2.30. The maximum absolute atomic E-state index is 11.4. The summed E-state index contributed by atoms with van der Waals surface area (Å²) in [5.41, 5.74) is 1.85. The van der Waals surface area contributed by atoms with Gasteiger partial charge in [-0.05, 0) is 30.5 Å². The Hall–Kier alpha value is -1.59. The minimum absolute atomic E-state index is 0.0867. The Balaban J connectivity index is 2.10. The van der Waals surface area contributed by atoms with Gasteiger partial charge in [-0.15, -0.1) is 0 Å². The van der Waals surface area contributed by atoms with E-state index in [-0.39, 0.29) is 24.6 Å². The Kier molecular flexibility index (Phi) is 5.20. The highest BCUT2D eigenvalue weighted by atomic mass is 16.5. The lowest BCUT2D eigenvalue weighted by Gasteiger charge is -2.27. The Bertz CT molecular complexity index is 502. The van der Waals surface area contributed by atoms with Crippen LogP contribution in [0.1, 0.15) is 32.4 Å². The zero-order valence-corrected chi connectivity index (χ0v) is 13.1. The first-order chi connectivity index (χ1) is 10.0. The lowest BCUT2D eigenvalue weighted by molar-refractivity contribution is -0.118. The van der Waals surface area contributed by atoms with Crippen LogP contribution in [0.4, 0.5) is 5.69 Å². The molecule has 1 aliphatic rings. The van der Waals surface area contributed by atoms with Crippen molar-refractivity contribution in [2.24, 2.45) is 5.92 Å². The summed E-state index contributed by atoms with van der Waals surface area (Å²) in [4.78, 5) is 11.4. The van der Waals surface area contributed by atoms with Crippen molar-refractivity contribution < 1.29 is 14.3 Å². The van der Waals surface area contributed by atoms with Gasteiger partial charge in [-0.25, -0.2) is 0 Å². The molecule has 0 aromatic heterocycles. The summed E-state index contributed by atoms with van der Waals surface area (Å²) in [6.07, 6.45) is 0. The predicted octanol–water partition coefficient (Wildman–Crippen LogP) is 2.34. The molecule has 1 aromatic carbocycles. The molecule has 0 spiro atoms. The maximum Gasteiger partial charge on any atom is 0.262 e. The second-order valence-corrected chi connectivity index (χ2v) is 5.79. The molecule has 0 bridgehead atoms. The number of nitrogens with one attached hydrogen (secondary N) is 2. The van der Waals surface area contributed by atoms with Gasteiger partial charge < -0.3 is 20.1 Å². The van der Waals surface area contributed by atoms with Crippen molar-refractivity contribution in [1.29, 1.82) is 0 Å². The average Bonchev–Trinajstić information content (AvgIpc) is 2.45. The SMILES string of the molecule is COCC(NC(C)c1ccc2c(c1)NC(=O)CO2)C(C)C. The van der Waals surface area contributed by atoms with Crippen molar-refractivity contribution in [3.05, 3.63) is 23.8 Å². The molecule has 2 N–H and O–H groups in total. The molecule has 0 aliphatic carbocycles. The molecule has 2 atom stereocenters. The maximum atomic E-state index is 11.4. The van der Waals surface area contributed by atoms with Crippen molar-refractivity contribution in [2.75, 3.05) is 25.6 Å². The number of amides is 1. The second kappa shape index (κ2) is 6.91. The highest BCUT2D eigenvalue weighted by Gasteiger charge is 2.20. The third-order valence-electron chi connectivity index (χ3n) is 3.75. The summed E-state index contributed by atoms with van der Waals surface area (Å²) < 4.78 is 10.6. The summed E-state index contributed by atoms with van der Waals surface area (Å²) in [7, 11) is 1.72. The fourth-order valence-electron chi connectivity index (χ4n) is 2.40. The van der Waals surface area contributed by atoms with Crippen molar-refractivity contribution in [3.8, 4) is 5.75 Å². The van der Waals surface area contributed by atoms with Gasteiger partial charge in [0.2, 0.25) is 0 Å². The van der Waals surface area contributed by atoms with Crippen LogP contribution in [0, 0.1) is 5.92 Å². The molecule has 5 heteroatoms. The fraction of sp³-hybridized carbons (Fsp3) is 0.562. The van der Waals surface area contributed by atoms with Crippen LogP contribution in [0.15, 0.2) is 18.2 Å². The molecule has 2 rings (SSSR count). The molecule has 0 fully saturated rings. The molecule has 1 heterocycles. The first-order valence-electron chi connectivity index (χ1n) is 7.33. The zero-order chi connectivity index (χ0) is 15.4. The largest absolute Gasteiger partial charge is 0.482 e. The van der Waals surface area contributed by atoms with Crippen LogP contribution in [-0.4, -0.2) is 32.3 Å². The van der Waals surface area contributed by atoms with Crippen LogP contribution >= 0.6 is 0 Å². The van der Waals surface area contributed by atoms with Gasteiger partial charge in [0.1, 0.15) is 5.75 Å². The Labute approximate surface area is 126 Å². The number of ether oxygens (including phenoxy) is 2. The molecular weight excluding hydrogens is 268 g/mol. The number of fused-ring (bicyclic) bond motifs is 1. The van der Waals surface area contributed by atoms with E-state index < -0.39 is 0 Å². The molecule has 1 aliphatic heterocycles. The summed E-state index contributed by atoms with van der Waals surface area (Å²) >= 11 is 0. The second-order valence-electron chi connectivity index (χ2n) is 5.79. The monoisotopic (exact) mass is 292 g/mol. The number of hydrogen-bond donors (Lipinski definition) is 2. The quantitative estimate of drug-likeness (QED) is 0.845. The van der Waals surface area contributed by atoms with Gasteiger partial charge >= 0.3 is 0 Å². The van der Waals surface area contributed by atoms with E-state index in [9.17, 15) is 4.79 Å². The lowest BCUT2D eigenvalue weighted by atomic mass is 10.0. The summed E-state index contributed by atoms with van der Waals surface area (Å²) in [6.45, 7) is 7.21. The van der Waals surface area contributed by atoms with Gasteiger partial charge in [-0.1, -0.05) is 19.9 Å². The molecule has 0 saturated carbocycles. The van der Waals surface area contributed by atoms with Gasteiger partial charge in [0.25, 0.3) is 5.91 Å². The first-order valence-corrected chi connectivity index (χ1v) is 7.33. The van der Waals surface area contributed by atoms with E-state index in [1.54, 1.807) is 7.11 Å². The van der Waals surface area contributed by atoms with E-state index in [1.165, 1.54) is 0 Å². The van der Waals surface area contributed by atoms with Crippen molar-refractivity contribution in [2.45, 2.75) is 32.9 Å². The van der Waals surface area contributed by atoms with Crippen LogP contribution in [0.3, 0.4) is 0 Å². The van der Waals surface area contributed by atoms with E-state index in [1.807, 2.05) is 18.2 Å². The van der Waals surface area contributed by atoms with E-state index in [0.29, 0.717) is 12.5 Å². The fourth-order valence-corrected chi connectivity index (χ4v) is 2.40. The number of anilines is 1. The molecule has 21 heavy (non-hydrogen) atoms. The van der Waals surface area contributed by atoms with Crippen LogP contribution in [0.2, 0.25) is 0 Å². The minimum Gasteiger partial charge on any atom is -0.482 e. The molecule has 0 saturated heterocycles. The number of carbonyl (C=O) groups is 1. The third-order valence-corrected chi connectivity index (χ3v) is 3.75. The van der Waals surface area contributed by atoms with Crippen LogP contribution in [0.25, 0.3) is 0 Å². The van der Waals surface area contributed by atoms with Gasteiger partial charge in [-0.3, -0.25) is 4.79 Å². The van der Waals surface area contributed by atoms with E-state index in [0.717, 1.165) is 17.0 Å². The van der Waals surface area contributed by atoms with Crippen LogP contribution in [0.5, 0.6) is 5.75 Å². The first kappa shape index (κ1) is 15.8. The van der Waals surface area contributed by atoms with E-state index in [4.69, 9.17) is 9.47 Å². The molecule has 5 nitrogen and oxygen atoms in total. The van der Waals surface area contributed by atoms with Gasteiger partial charge in [0, 0.05) is 19.2 Å². The molecule has 116 valence electrons. The minimum atomic E-state index is -0.111. The summed E-state index contributed by atoms with van der Waals surface area (Å²) in [5.74, 6) is 1.09. The topological polar surface area (TPSA) is 59.6 Å². The normalized spacial score (nSPS) is 16.9. The average molecular weight is 292 g/mol. The predicted molar refractivity (Wildman–Crippen MR) is 82.6 cm³/mol. The molecule has 1 aromatic rings. The smallest absolute Gasteiger partial charge is 0.262 e. The van der Waals surface area contributed by atoms with Gasteiger partial charge in [-0.2, -0.15) is 0 Å². The summed E-state index contributed by atoms with van der Waals surface area (Å²) in [5, 5.41) is 6.41.